The number of hydrogen-bond acceptors (Lipinski definition) is 5. The molecule has 0 aliphatic heterocycles. The molecular weight excluding hydrogens is 370 g/mol. The van der Waals surface area contributed by atoms with E-state index >= 15 is 0 Å². The van der Waals surface area contributed by atoms with Crippen LogP contribution in [0.15, 0.2) is 59.9 Å². The topological polar surface area (TPSA) is 91.9 Å². The first-order chi connectivity index (χ1) is 14.2. The summed E-state index contributed by atoms with van der Waals surface area (Å²) >= 11 is 0. The Bertz CT molecular complexity index is 1130. The zero-order chi connectivity index (χ0) is 20.4. The van der Waals surface area contributed by atoms with Crippen molar-refractivity contribution in [2.24, 2.45) is 5.16 Å². The van der Waals surface area contributed by atoms with Gasteiger partial charge in [-0.3, -0.25) is 0 Å². The smallest absolute Gasteiger partial charge is 0.203 e. The number of rotatable bonds is 6. The SMILES string of the molecule is COc1cc(C(=NO)c2cc(-c3cc4ccccc4[nH]3)c[nH]2)cc(OC)c1OC. The van der Waals surface area contributed by atoms with Crippen molar-refractivity contribution in [3.05, 3.63) is 66.0 Å². The van der Waals surface area contributed by atoms with Gasteiger partial charge in [-0.15, -0.1) is 0 Å². The summed E-state index contributed by atoms with van der Waals surface area (Å²) in [6, 6.07) is 15.6. The molecule has 0 saturated heterocycles. The number of aromatic nitrogens is 2. The van der Waals surface area contributed by atoms with E-state index in [1.54, 1.807) is 33.5 Å². The fourth-order valence-corrected chi connectivity index (χ4v) is 3.40. The molecular formula is C22H21N3O4. The Hall–Kier alpha value is -3.87. The van der Waals surface area contributed by atoms with Crippen LogP contribution >= 0.6 is 0 Å². The van der Waals surface area contributed by atoms with Crippen molar-refractivity contribution in [3.63, 3.8) is 0 Å². The van der Waals surface area contributed by atoms with E-state index in [1.807, 2.05) is 30.5 Å². The Labute approximate surface area is 167 Å². The Balaban J connectivity index is 1.74. The molecule has 0 aliphatic carbocycles. The Morgan fingerprint density at radius 2 is 1.66 bits per heavy atom. The van der Waals surface area contributed by atoms with Crippen LogP contribution in [-0.4, -0.2) is 42.2 Å². The second-order valence-corrected chi connectivity index (χ2v) is 6.43. The molecule has 7 heteroatoms. The van der Waals surface area contributed by atoms with Crippen LogP contribution in [0.3, 0.4) is 0 Å². The van der Waals surface area contributed by atoms with Gasteiger partial charge in [-0.1, -0.05) is 23.4 Å². The van der Waals surface area contributed by atoms with Gasteiger partial charge in [0.2, 0.25) is 5.75 Å². The monoisotopic (exact) mass is 391 g/mol. The number of nitrogens with zero attached hydrogens (tertiary/aromatic N) is 1. The number of aromatic amines is 2. The third kappa shape index (κ3) is 3.27. The summed E-state index contributed by atoms with van der Waals surface area (Å²) in [7, 11) is 4.62. The summed E-state index contributed by atoms with van der Waals surface area (Å²) < 4.78 is 16.2. The molecule has 0 fully saturated rings. The quantitative estimate of drug-likeness (QED) is 0.258. The van der Waals surface area contributed by atoms with Gasteiger partial charge in [0.1, 0.15) is 5.71 Å². The van der Waals surface area contributed by atoms with Crippen molar-refractivity contribution < 1.29 is 19.4 Å². The molecule has 4 rings (SSSR count). The van der Waals surface area contributed by atoms with Gasteiger partial charge in [-0.05, 0) is 30.3 Å². The van der Waals surface area contributed by atoms with Crippen molar-refractivity contribution in [2.75, 3.05) is 21.3 Å². The van der Waals surface area contributed by atoms with E-state index in [9.17, 15) is 5.21 Å². The second kappa shape index (κ2) is 7.63. The number of fused-ring (bicyclic) bond motifs is 1. The molecule has 2 aromatic carbocycles. The standard InChI is InChI=1S/C22H21N3O4/c1-27-19-10-14(11-20(28-2)22(19)29-3)21(25-26)18-9-15(12-23-18)17-8-13-6-4-5-7-16(13)24-17/h4-12,23-24,26H,1-3H3. The zero-order valence-electron chi connectivity index (χ0n) is 16.3. The predicted octanol–water partition coefficient (Wildman–Crippen LogP) is 4.42. The van der Waals surface area contributed by atoms with E-state index in [-0.39, 0.29) is 0 Å². The number of benzene rings is 2. The third-order valence-electron chi connectivity index (χ3n) is 4.82. The van der Waals surface area contributed by atoms with Gasteiger partial charge in [0.05, 0.1) is 27.0 Å². The van der Waals surface area contributed by atoms with Crippen LogP contribution in [0.1, 0.15) is 11.3 Å². The van der Waals surface area contributed by atoms with Gasteiger partial charge < -0.3 is 29.4 Å². The van der Waals surface area contributed by atoms with Crippen LogP contribution in [-0.2, 0) is 0 Å². The number of methoxy groups -OCH3 is 3. The lowest BCUT2D eigenvalue weighted by Gasteiger charge is -2.14. The first kappa shape index (κ1) is 18.5. The van der Waals surface area contributed by atoms with Gasteiger partial charge in [0.15, 0.2) is 11.5 Å². The number of oxime groups is 1. The van der Waals surface area contributed by atoms with E-state index in [4.69, 9.17) is 14.2 Å². The lowest BCUT2D eigenvalue weighted by atomic mass is 10.1. The van der Waals surface area contributed by atoms with Crippen LogP contribution in [0.5, 0.6) is 17.2 Å². The van der Waals surface area contributed by atoms with Crippen molar-refractivity contribution in [1.82, 2.24) is 9.97 Å². The average Bonchev–Trinajstić information content (AvgIpc) is 3.40. The Morgan fingerprint density at radius 1 is 0.931 bits per heavy atom. The van der Waals surface area contributed by atoms with Gasteiger partial charge in [-0.2, -0.15) is 0 Å². The molecule has 2 aromatic heterocycles. The number of nitrogens with one attached hydrogen (secondary N) is 2. The minimum absolute atomic E-state index is 0.353. The molecule has 0 spiro atoms. The summed E-state index contributed by atoms with van der Waals surface area (Å²) in [6.07, 6.45) is 1.86. The van der Waals surface area contributed by atoms with E-state index in [1.165, 1.54) is 0 Å². The summed E-state index contributed by atoms with van der Waals surface area (Å²) in [5, 5.41) is 14.4. The molecule has 0 radical (unpaired) electrons. The molecule has 0 saturated carbocycles. The van der Waals surface area contributed by atoms with Crippen LogP contribution in [0.25, 0.3) is 22.2 Å². The number of para-hydroxylation sites is 1. The maximum Gasteiger partial charge on any atom is 0.203 e. The molecule has 4 aromatic rings. The highest BCUT2D eigenvalue weighted by Crippen LogP contribution is 2.39. The van der Waals surface area contributed by atoms with E-state index in [2.05, 4.69) is 27.3 Å². The normalized spacial score (nSPS) is 11.6. The molecule has 0 amide bonds. The molecule has 148 valence electrons. The third-order valence-corrected chi connectivity index (χ3v) is 4.82. The van der Waals surface area contributed by atoms with Gasteiger partial charge in [-0.25, -0.2) is 0 Å². The highest BCUT2D eigenvalue weighted by Gasteiger charge is 2.19. The first-order valence-corrected chi connectivity index (χ1v) is 8.97. The average molecular weight is 391 g/mol. The number of ether oxygens (including phenoxy) is 3. The van der Waals surface area contributed by atoms with E-state index in [0.717, 1.165) is 22.2 Å². The summed E-state index contributed by atoms with van der Waals surface area (Å²) in [4.78, 5) is 6.57. The fourth-order valence-electron chi connectivity index (χ4n) is 3.40. The summed E-state index contributed by atoms with van der Waals surface area (Å²) in [5.74, 6) is 1.43. The lowest BCUT2D eigenvalue weighted by Crippen LogP contribution is -2.06. The summed E-state index contributed by atoms with van der Waals surface area (Å²) in [6.45, 7) is 0. The number of H-pyrrole nitrogens is 2. The summed E-state index contributed by atoms with van der Waals surface area (Å²) in [5.41, 5.74) is 4.60. The molecule has 7 nitrogen and oxygen atoms in total. The first-order valence-electron chi connectivity index (χ1n) is 8.97. The predicted molar refractivity (Wildman–Crippen MR) is 112 cm³/mol. The number of hydrogen-bond donors (Lipinski definition) is 3. The second-order valence-electron chi connectivity index (χ2n) is 6.43. The van der Waals surface area contributed by atoms with Gasteiger partial charge in [0, 0.05) is 33.9 Å². The fraction of sp³-hybridized carbons (Fsp3) is 0.136. The maximum absolute atomic E-state index is 9.73. The molecule has 0 atom stereocenters. The Kier molecular flexibility index (Phi) is 4.87. The molecule has 29 heavy (non-hydrogen) atoms. The molecule has 0 bridgehead atoms. The molecule has 2 heterocycles. The van der Waals surface area contributed by atoms with Crippen LogP contribution in [0, 0.1) is 0 Å². The van der Waals surface area contributed by atoms with E-state index < -0.39 is 0 Å². The van der Waals surface area contributed by atoms with Gasteiger partial charge >= 0.3 is 0 Å². The largest absolute Gasteiger partial charge is 0.493 e. The lowest BCUT2D eigenvalue weighted by molar-refractivity contribution is 0.318. The molecule has 3 N–H and O–H groups in total. The van der Waals surface area contributed by atoms with Gasteiger partial charge in [0.25, 0.3) is 0 Å². The molecule has 0 unspecified atom stereocenters. The van der Waals surface area contributed by atoms with Crippen LogP contribution < -0.4 is 14.2 Å². The van der Waals surface area contributed by atoms with Crippen molar-refractivity contribution in [2.45, 2.75) is 0 Å². The Morgan fingerprint density at radius 3 is 2.28 bits per heavy atom. The van der Waals surface area contributed by atoms with Crippen molar-refractivity contribution in [3.8, 4) is 28.5 Å². The zero-order valence-corrected chi connectivity index (χ0v) is 16.3. The highest BCUT2D eigenvalue weighted by atomic mass is 16.5. The maximum atomic E-state index is 9.73. The van der Waals surface area contributed by atoms with Crippen LogP contribution in [0.2, 0.25) is 0 Å². The van der Waals surface area contributed by atoms with Crippen LogP contribution in [0.4, 0.5) is 0 Å². The minimum atomic E-state index is 0.353. The minimum Gasteiger partial charge on any atom is -0.493 e. The molecule has 0 aliphatic rings. The highest BCUT2D eigenvalue weighted by molar-refractivity contribution is 6.12. The van der Waals surface area contributed by atoms with Crippen molar-refractivity contribution >= 4 is 16.6 Å². The van der Waals surface area contributed by atoms with E-state index in [0.29, 0.717) is 34.2 Å². The van der Waals surface area contributed by atoms with Crippen molar-refractivity contribution in [1.29, 1.82) is 0 Å².